The maximum absolute atomic E-state index is 11.4. The minimum atomic E-state index is -0.612. The van der Waals surface area contributed by atoms with Gasteiger partial charge in [-0.05, 0) is 48.9 Å². The number of hydrogen-bond donors (Lipinski definition) is 2. The first-order chi connectivity index (χ1) is 13.7. The Balaban J connectivity index is 0.00000136. The van der Waals surface area contributed by atoms with Crippen molar-refractivity contribution in [2.24, 2.45) is 5.73 Å². The molecule has 152 valence electrons. The van der Waals surface area contributed by atoms with E-state index in [4.69, 9.17) is 10.5 Å². The van der Waals surface area contributed by atoms with Gasteiger partial charge >= 0.3 is 5.97 Å². The number of aryl methyl sites for hydroxylation is 2. The fourth-order valence-corrected chi connectivity index (χ4v) is 3.00. The van der Waals surface area contributed by atoms with Crippen LogP contribution >= 0.6 is 0 Å². The molecular formula is C22H31N3O3. The van der Waals surface area contributed by atoms with Gasteiger partial charge in [-0.15, -0.1) is 0 Å². The molecule has 3 N–H and O–H groups in total. The Morgan fingerprint density at radius 1 is 1.18 bits per heavy atom. The summed E-state index contributed by atoms with van der Waals surface area (Å²) in [6, 6.07) is 11.6. The third-order valence-electron chi connectivity index (χ3n) is 4.45. The molecular weight excluding hydrogens is 354 g/mol. The second kappa shape index (κ2) is 11.3. The van der Waals surface area contributed by atoms with Crippen LogP contribution in [0.2, 0.25) is 0 Å². The number of nitrogens with two attached hydrogens (primary N) is 1. The zero-order valence-corrected chi connectivity index (χ0v) is 17.0. The number of fused-ring (bicyclic) bond motifs is 1. The number of pyridine rings is 1. The highest BCUT2D eigenvalue weighted by molar-refractivity contribution is 5.75. The second-order valence-corrected chi connectivity index (χ2v) is 6.43. The Bertz CT molecular complexity index is 747. The van der Waals surface area contributed by atoms with Crippen molar-refractivity contribution < 1.29 is 14.3 Å². The molecule has 1 aliphatic rings. The van der Waals surface area contributed by atoms with E-state index in [0.29, 0.717) is 13.0 Å². The minimum Gasteiger partial charge on any atom is -0.488 e. The predicted octanol–water partition coefficient (Wildman–Crippen LogP) is 3.13. The molecule has 28 heavy (non-hydrogen) atoms. The number of aromatic nitrogens is 1. The maximum Gasteiger partial charge on any atom is 0.322 e. The van der Waals surface area contributed by atoms with E-state index < -0.39 is 6.04 Å². The largest absolute Gasteiger partial charge is 0.488 e. The summed E-state index contributed by atoms with van der Waals surface area (Å²) in [6.07, 6.45) is 3.41. The molecule has 6 nitrogen and oxygen atoms in total. The molecule has 1 aliphatic heterocycles. The van der Waals surface area contributed by atoms with E-state index in [1.807, 2.05) is 38.1 Å². The average Bonchev–Trinajstić information content (AvgIpc) is 2.75. The van der Waals surface area contributed by atoms with Gasteiger partial charge in [0.2, 0.25) is 0 Å². The third-order valence-corrected chi connectivity index (χ3v) is 4.45. The van der Waals surface area contributed by atoms with Crippen LogP contribution in [0.3, 0.4) is 0 Å². The second-order valence-electron chi connectivity index (χ2n) is 6.43. The zero-order valence-electron chi connectivity index (χ0n) is 17.0. The molecule has 0 aliphatic carbocycles. The Labute approximate surface area is 167 Å². The van der Waals surface area contributed by atoms with Crippen LogP contribution in [0.5, 0.6) is 5.75 Å². The number of rotatable bonds is 7. The van der Waals surface area contributed by atoms with Crippen molar-refractivity contribution in [1.29, 1.82) is 0 Å². The standard InChI is InChI=1S/C20H25N3O3.C2H6/c1-25-20(24)17(21)13-15-7-5-14(6-8-15)3-2-4-16-9-10-18-19(23-16)22-11-12-26-18;1-2/h5-10,17H,2-4,11-13,21H2,1H3,(H,22,23);1-2H3. The van der Waals surface area contributed by atoms with Crippen LogP contribution in [-0.4, -0.2) is 37.3 Å². The number of methoxy groups -OCH3 is 1. The first-order valence-electron chi connectivity index (χ1n) is 9.93. The molecule has 1 unspecified atom stereocenters. The molecule has 0 spiro atoms. The number of ether oxygens (including phenoxy) is 2. The highest BCUT2D eigenvalue weighted by atomic mass is 16.5. The van der Waals surface area contributed by atoms with Crippen molar-refractivity contribution in [1.82, 2.24) is 4.98 Å². The smallest absolute Gasteiger partial charge is 0.322 e. The molecule has 2 heterocycles. The third kappa shape index (κ3) is 6.23. The molecule has 0 bridgehead atoms. The Kier molecular flexibility index (Phi) is 8.75. The van der Waals surface area contributed by atoms with Crippen LogP contribution in [-0.2, 0) is 28.8 Å². The Morgan fingerprint density at radius 2 is 1.89 bits per heavy atom. The molecule has 1 aromatic heterocycles. The Hall–Kier alpha value is -2.60. The molecule has 0 radical (unpaired) electrons. The van der Waals surface area contributed by atoms with E-state index in [-0.39, 0.29) is 5.97 Å². The summed E-state index contributed by atoms with van der Waals surface area (Å²) < 4.78 is 10.2. The fraction of sp³-hybridized carbons (Fsp3) is 0.455. The quantitative estimate of drug-likeness (QED) is 0.712. The van der Waals surface area contributed by atoms with Gasteiger partial charge in [-0.25, -0.2) is 4.98 Å². The normalized spacial score (nSPS) is 13.1. The van der Waals surface area contributed by atoms with Crippen LogP contribution in [0.25, 0.3) is 0 Å². The molecule has 1 atom stereocenters. The lowest BCUT2D eigenvalue weighted by molar-refractivity contribution is -0.142. The van der Waals surface area contributed by atoms with E-state index in [1.54, 1.807) is 0 Å². The molecule has 0 saturated carbocycles. The molecule has 2 aromatic rings. The summed E-state index contributed by atoms with van der Waals surface area (Å²) in [7, 11) is 1.35. The number of carbonyl (C=O) groups excluding carboxylic acids is 1. The summed E-state index contributed by atoms with van der Waals surface area (Å²) in [4.78, 5) is 16.0. The van der Waals surface area contributed by atoms with E-state index >= 15 is 0 Å². The van der Waals surface area contributed by atoms with E-state index in [2.05, 4.69) is 27.2 Å². The van der Waals surface area contributed by atoms with Crippen LogP contribution < -0.4 is 15.8 Å². The first kappa shape index (κ1) is 21.7. The van der Waals surface area contributed by atoms with Gasteiger partial charge in [-0.3, -0.25) is 4.79 Å². The summed E-state index contributed by atoms with van der Waals surface area (Å²) in [5.41, 5.74) is 9.17. The van der Waals surface area contributed by atoms with Crippen LogP contribution in [0.1, 0.15) is 37.1 Å². The van der Waals surface area contributed by atoms with Crippen molar-refractivity contribution in [2.75, 3.05) is 25.6 Å². The van der Waals surface area contributed by atoms with E-state index in [0.717, 1.165) is 48.6 Å². The number of nitrogens with zero attached hydrogens (tertiary/aromatic N) is 1. The SMILES string of the molecule is CC.COC(=O)C(N)Cc1ccc(CCCc2ccc3c(n2)NCCO3)cc1. The van der Waals surface area contributed by atoms with Gasteiger partial charge in [0.25, 0.3) is 0 Å². The lowest BCUT2D eigenvalue weighted by atomic mass is 10.0. The molecule has 6 heteroatoms. The van der Waals surface area contributed by atoms with Crippen molar-refractivity contribution in [3.05, 3.63) is 53.2 Å². The van der Waals surface area contributed by atoms with Gasteiger partial charge in [0.15, 0.2) is 11.6 Å². The lowest BCUT2D eigenvalue weighted by Crippen LogP contribution is -2.33. The van der Waals surface area contributed by atoms with Crippen LogP contribution in [0, 0.1) is 0 Å². The maximum atomic E-state index is 11.4. The van der Waals surface area contributed by atoms with Crippen molar-refractivity contribution >= 4 is 11.8 Å². The van der Waals surface area contributed by atoms with Crippen molar-refractivity contribution in [2.45, 2.75) is 45.6 Å². The van der Waals surface area contributed by atoms with Crippen molar-refractivity contribution in [3.63, 3.8) is 0 Å². The highest BCUT2D eigenvalue weighted by Crippen LogP contribution is 2.25. The first-order valence-corrected chi connectivity index (χ1v) is 9.93. The fourth-order valence-electron chi connectivity index (χ4n) is 3.00. The molecule has 1 aromatic carbocycles. The predicted molar refractivity (Wildman–Crippen MR) is 112 cm³/mol. The van der Waals surface area contributed by atoms with Crippen LogP contribution in [0.4, 0.5) is 5.82 Å². The van der Waals surface area contributed by atoms with Gasteiger partial charge in [0.1, 0.15) is 12.6 Å². The number of hydrogen-bond acceptors (Lipinski definition) is 6. The monoisotopic (exact) mass is 385 g/mol. The number of nitrogens with one attached hydrogen (secondary N) is 1. The van der Waals surface area contributed by atoms with E-state index in [9.17, 15) is 4.79 Å². The van der Waals surface area contributed by atoms with Gasteiger partial charge in [-0.2, -0.15) is 0 Å². The summed E-state index contributed by atoms with van der Waals surface area (Å²) >= 11 is 0. The van der Waals surface area contributed by atoms with Crippen LogP contribution in [0.15, 0.2) is 36.4 Å². The lowest BCUT2D eigenvalue weighted by Gasteiger charge is -2.18. The average molecular weight is 386 g/mol. The number of carbonyl (C=O) groups is 1. The number of benzene rings is 1. The van der Waals surface area contributed by atoms with E-state index in [1.165, 1.54) is 12.7 Å². The highest BCUT2D eigenvalue weighted by Gasteiger charge is 2.14. The molecule has 0 amide bonds. The van der Waals surface area contributed by atoms with Gasteiger partial charge in [0.05, 0.1) is 13.7 Å². The van der Waals surface area contributed by atoms with Crippen molar-refractivity contribution in [3.8, 4) is 5.75 Å². The zero-order chi connectivity index (χ0) is 20.4. The topological polar surface area (TPSA) is 86.5 Å². The Morgan fingerprint density at radius 3 is 2.61 bits per heavy atom. The summed E-state index contributed by atoms with van der Waals surface area (Å²) in [5, 5.41) is 3.27. The van der Waals surface area contributed by atoms with Gasteiger partial charge in [-0.1, -0.05) is 38.1 Å². The molecule has 0 fully saturated rings. The minimum absolute atomic E-state index is 0.383. The molecule has 3 rings (SSSR count). The summed E-state index contributed by atoms with van der Waals surface area (Å²) in [5.74, 6) is 1.30. The number of esters is 1. The van der Waals surface area contributed by atoms with Gasteiger partial charge < -0.3 is 20.5 Å². The van der Waals surface area contributed by atoms with Gasteiger partial charge in [0, 0.05) is 5.69 Å². The molecule has 0 saturated heterocycles. The summed E-state index contributed by atoms with van der Waals surface area (Å²) in [6.45, 7) is 5.49. The number of anilines is 1.